The van der Waals surface area contributed by atoms with Crippen molar-refractivity contribution in [2.24, 2.45) is 0 Å². The maximum Gasteiger partial charge on any atom is 0.253 e. The van der Waals surface area contributed by atoms with Gasteiger partial charge in [-0.3, -0.25) is 14.6 Å². The monoisotopic (exact) mass is 263 g/mol. The minimum Gasteiger partial charge on any atom is -0.495 e. The molecule has 1 saturated heterocycles. The highest BCUT2D eigenvalue weighted by atomic mass is 16.5. The van der Waals surface area contributed by atoms with Crippen LogP contribution in [-0.4, -0.2) is 36.5 Å². The Bertz CT molecular complexity index is 476. The summed E-state index contributed by atoms with van der Waals surface area (Å²) >= 11 is 0. The quantitative estimate of drug-likeness (QED) is 0.831. The topological polar surface area (TPSA) is 80.3 Å². The van der Waals surface area contributed by atoms with E-state index in [9.17, 15) is 9.59 Å². The summed E-state index contributed by atoms with van der Waals surface area (Å²) in [6.07, 6.45) is 5.50. The molecule has 0 unspecified atom stereocenters. The number of nitrogens with one attached hydrogen (secondary N) is 2. The zero-order chi connectivity index (χ0) is 13.7. The van der Waals surface area contributed by atoms with Crippen LogP contribution in [0.25, 0.3) is 0 Å². The fraction of sp³-hybridized carbons (Fsp3) is 0.462. The first kappa shape index (κ1) is 13.3. The number of methoxy groups -OCH3 is 1. The lowest BCUT2D eigenvalue weighted by molar-refractivity contribution is -0.122. The molecular weight excluding hydrogens is 246 g/mol. The molecule has 1 aromatic heterocycles. The first-order chi connectivity index (χ1) is 9.20. The van der Waals surface area contributed by atoms with Crippen LogP contribution in [0.1, 0.15) is 29.6 Å². The van der Waals surface area contributed by atoms with Crippen LogP contribution in [0.5, 0.6) is 5.75 Å². The number of carbonyl (C=O) groups excluding carboxylic acids is 2. The van der Waals surface area contributed by atoms with Crippen molar-refractivity contribution in [1.29, 1.82) is 0 Å². The molecule has 1 aliphatic heterocycles. The third-order valence-corrected chi connectivity index (χ3v) is 3.05. The van der Waals surface area contributed by atoms with E-state index in [4.69, 9.17) is 4.74 Å². The van der Waals surface area contributed by atoms with Crippen LogP contribution in [0.2, 0.25) is 0 Å². The van der Waals surface area contributed by atoms with Crippen LogP contribution in [-0.2, 0) is 4.79 Å². The molecule has 0 radical (unpaired) electrons. The molecule has 1 atom stereocenters. The second-order valence-electron chi connectivity index (χ2n) is 4.43. The standard InChI is InChI=1S/C13H17N3O3/c1-19-10-6-9(7-14-8-10)12(17)16-11-4-2-3-5-15-13(11)18/h6-8,11H,2-5H2,1H3,(H,15,18)(H,16,17)/t11-/m1/s1. The fourth-order valence-corrected chi connectivity index (χ4v) is 1.97. The van der Waals surface area contributed by atoms with E-state index in [0.29, 0.717) is 24.3 Å². The van der Waals surface area contributed by atoms with Crippen molar-refractivity contribution in [2.75, 3.05) is 13.7 Å². The van der Waals surface area contributed by atoms with Crippen molar-refractivity contribution in [3.8, 4) is 5.75 Å². The lowest BCUT2D eigenvalue weighted by atomic mass is 10.1. The molecule has 2 N–H and O–H groups in total. The first-order valence-corrected chi connectivity index (χ1v) is 6.28. The first-order valence-electron chi connectivity index (χ1n) is 6.28. The molecule has 0 saturated carbocycles. The summed E-state index contributed by atoms with van der Waals surface area (Å²) in [5.41, 5.74) is 0.386. The summed E-state index contributed by atoms with van der Waals surface area (Å²) in [4.78, 5) is 27.7. The third-order valence-electron chi connectivity index (χ3n) is 3.05. The van der Waals surface area contributed by atoms with Gasteiger partial charge < -0.3 is 15.4 Å². The minimum atomic E-state index is -0.471. The lowest BCUT2D eigenvalue weighted by Gasteiger charge is -2.15. The van der Waals surface area contributed by atoms with Crippen LogP contribution < -0.4 is 15.4 Å². The van der Waals surface area contributed by atoms with Crippen molar-refractivity contribution < 1.29 is 14.3 Å². The molecule has 0 bridgehead atoms. The zero-order valence-electron chi connectivity index (χ0n) is 10.8. The van der Waals surface area contributed by atoms with E-state index < -0.39 is 6.04 Å². The van der Waals surface area contributed by atoms with Crippen molar-refractivity contribution in [3.63, 3.8) is 0 Å². The van der Waals surface area contributed by atoms with E-state index in [-0.39, 0.29) is 11.8 Å². The Kier molecular flexibility index (Phi) is 4.33. The molecule has 2 heterocycles. The molecule has 0 spiro atoms. The number of ether oxygens (including phenoxy) is 1. The van der Waals surface area contributed by atoms with E-state index in [1.165, 1.54) is 19.5 Å². The number of rotatable bonds is 3. The Morgan fingerprint density at radius 2 is 2.32 bits per heavy atom. The second-order valence-corrected chi connectivity index (χ2v) is 4.43. The van der Waals surface area contributed by atoms with Gasteiger partial charge in [0, 0.05) is 12.7 Å². The van der Waals surface area contributed by atoms with Crippen molar-refractivity contribution in [2.45, 2.75) is 25.3 Å². The SMILES string of the molecule is COc1cncc(C(=O)N[C@@H]2CCCCNC2=O)c1. The van der Waals surface area contributed by atoms with Gasteiger partial charge in [0.1, 0.15) is 11.8 Å². The van der Waals surface area contributed by atoms with Crippen LogP contribution in [0, 0.1) is 0 Å². The average molecular weight is 263 g/mol. The number of carbonyl (C=O) groups is 2. The number of pyridine rings is 1. The molecule has 102 valence electrons. The predicted molar refractivity (Wildman–Crippen MR) is 68.9 cm³/mol. The molecule has 2 amide bonds. The van der Waals surface area contributed by atoms with Crippen LogP contribution in [0.4, 0.5) is 0 Å². The summed E-state index contributed by atoms with van der Waals surface area (Å²) in [7, 11) is 1.51. The lowest BCUT2D eigenvalue weighted by Crippen LogP contribution is -2.45. The van der Waals surface area contributed by atoms with Gasteiger partial charge in [-0.05, 0) is 25.3 Å². The maximum atomic E-state index is 12.1. The number of hydrogen-bond donors (Lipinski definition) is 2. The largest absolute Gasteiger partial charge is 0.495 e. The summed E-state index contributed by atoms with van der Waals surface area (Å²) in [5.74, 6) is 0.0770. The average Bonchev–Trinajstić information content (AvgIpc) is 2.64. The Balaban J connectivity index is 2.04. The highest BCUT2D eigenvalue weighted by Gasteiger charge is 2.23. The Hall–Kier alpha value is -2.11. The molecule has 2 rings (SSSR count). The van der Waals surface area contributed by atoms with Gasteiger partial charge >= 0.3 is 0 Å². The molecule has 0 aliphatic carbocycles. The number of hydrogen-bond acceptors (Lipinski definition) is 4. The predicted octanol–water partition coefficient (Wildman–Crippen LogP) is 0.489. The number of aromatic nitrogens is 1. The van der Waals surface area contributed by atoms with Gasteiger partial charge in [0.2, 0.25) is 5.91 Å². The van der Waals surface area contributed by atoms with Crippen LogP contribution in [0.3, 0.4) is 0 Å². The molecular formula is C13H17N3O3. The van der Waals surface area contributed by atoms with Crippen LogP contribution in [0.15, 0.2) is 18.5 Å². The van der Waals surface area contributed by atoms with E-state index in [0.717, 1.165) is 12.8 Å². The van der Waals surface area contributed by atoms with Crippen LogP contribution >= 0.6 is 0 Å². The van der Waals surface area contributed by atoms with Gasteiger partial charge in [-0.15, -0.1) is 0 Å². The highest BCUT2D eigenvalue weighted by molar-refractivity contribution is 5.97. The fourth-order valence-electron chi connectivity index (χ4n) is 1.97. The Morgan fingerprint density at radius 3 is 3.11 bits per heavy atom. The number of nitrogens with zero attached hydrogens (tertiary/aromatic N) is 1. The maximum absolute atomic E-state index is 12.1. The van der Waals surface area contributed by atoms with Gasteiger partial charge in [0.15, 0.2) is 0 Å². The third kappa shape index (κ3) is 3.43. The molecule has 1 fully saturated rings. The number of amides is 2. The van der Waals surface area contributed by atoms with Crippen molar-refractivity contribution in [3.05, 3.63) is 24.0 Å². The summed E-state index contributed by atoms with van der Waals surface area (Å²) in [5, 5.41) is 5.51. The van der Waals surface area contributed by atoms with Gasteiger partial charge in [0.05, 0.1) is 18.9 Å². The smallest absolute Gasteiger partial charge is 0.253 e. The van der Waals surface area contributed by atoms with Gasteiger partial charge in [0.25, 0.3) is 5.91 Å². The van der Waals surface area contributed by atoms with Gasteiger partial charge in [-0.1, -0.05) is 0 Å². The second kappa shape index (κ2) is 6.17. The molecule has 0 aromatic carbocycles. The zero-order valence-corrected chi connectivity index (χ0v) is 10.8. The van der Waals surface area contributed by atoms with Gasteiger partial charge in [-0.2, -0.15) is 0 Å². The summed E-state index contributed by atoms with van der Waals surface area (Å²) in [6, 6.07) is 1.12. The Morgan fingerprint density at radius 1 is 1.47 bits per heavy atom. The van der Waals surface area contributed by atoms with Crippen molar-refractivity contribution in [1.82, 2.24) is 15.6 Å². The van der Waals surface area contributed by atoms with E-state index in [1.807, 2.05) is 0 Å². The van der Waals surface area contributed by atoms with Crippen molar-refractivity contribution >= 4 is 11.8 Å². The normalized spacial score (nSPS) is 19.2. The van der Waals surface area contributed by atoms with E-state index in [1.54, 1.807) is 6.07 Å². The minimum absolute atomic E-state index is 0.123. The summed E-state index contributed by atoms with van der Waals surface area (Å²) in [6.45, 7) is 0.673. The molecule has 1 aliphatic rings. The van der Waals surface area contributed by atoms with E-state index in [2.05, 4.69) is 15.6 Å². The molecule has 1 aromatic rings. The van der Waals surface area contributed by atoms with E-state index >= 15 is 0 Å². The molecule has 6 nitrogen and oxygen atoms in total. The Labute approximate surface area is 111 Å². The van der Waals surface area contributed by atoms with Gasteiger partial charge in [-0.25, -0.2) is 0 Å². The highest BCUT2D eigenvalue weighted by Crippen LogP contribution is 2.11. The molecule has 6 heteroatoms. The summed E-state index contributed by atoms with van der Waals surface area (Å²) < 4.78 is 5.01. The molecule has 19 heavy (non-hydrogen) atoms.